The van der Waals surface area contributed by atoms with Gasteiger partial charge in [0.15, 0.2) is 0 Å². The maximum Gasteiger partial charge on any atom is 0.305 e. The molecule has 0 aliphatic carbocycles. The van der Waals surface area contributed by atoms with Crippen LogP contribution in [0.3, 0.4) is 0 Å². The molecule has 6 heteroatoms. The van der Waals surface area contributed by atoms with Crippen molar-refractivity contribution in [3.63, 3.8) is 0 Å². The van der Waals surface area contributed by atoms with E-state index >= 15 is 0 Å². The lowest BCUT2D eigenvalue weighted by Crippen LogP contribution is -2.30. The molecule has 2 N–H and O–H groups in total. The lowest BCUT2D eigenvalue weighted by atomic mass is 9.98. The molecule has 1 aromatic heterocycles. The highest BCUT2D eigenvalue weighted by Gasteiger charge is 2.19. The number of carboxylic acids is 1. The van der Waals surface area contributed by atoms with Crippen molar-refractivity contribution in [1.29, 1.82) is 0 Å². The van der Waals surface area contributed by atoms with Crippen LogP contribution in [-0.2, 0) is 16.0 Å². The third kappa shape index (κ3) is 4.66. The number of aromatic nitrogens is 1. The Morgan fingerprint density at radius 3 is 2.77 bits per heavy atom. The number of rotatable bonds is 7. The first-order chi connectivity index (χ1) is 10.6. The number of hydrogen-bond acceptors (Lipinski definition) is 4. The number of nitrogens with one attached hydrogen (secondary N) is 1. The zero-order chi connectivity index (χ0) is 15.9. The topological polar surface area (TPSA) is 79.3 Å². The summed E-state index contributed by atoms with van der Waals surface area (Å²) in [5.41, 5.74) is 4.42. The van der Waals surface area contributed by atoms with E-state index in [-0.39, 0.29) is 12.3 Å². The van der Waals surface area contributed by atoms with Gasteiger partial charge in [-0.3, -0.25) is 9.59 Å². The van der Waals surface area contributed by atoms with E-state index in [9.17, 15) is 9.59 Å². The molecule has 116 valence electrons. The molecule has 0 radical (unpaired) electrons. The van der Waals surface area contributed by atoms with Crippen molar-refractivity contribution in [3.05, 3.63) is 52.0 Å². The summed E-state index contributed by atoms with van der Waals surface area (Å²) in [6.07, 6.45) is 0.724. The highest BCUT2D eigenvalue weighted by molar-refractivity contribution is 7.07. The van der Waals surface area contributed by atoms with Gasteiger partial charge in [-0.1, -0.05) is 24.3 Å². The number of amides is 1. The van der Waals surface area contributed by atoms with E-state index in [0.29, 0.717) is 12.8 Å². The smallest absolute Gasteiger partial charge is 0.305 e. The predicted octanol–water partition coefficient (Wildman–Crippen LogP) is 2.72. The number of benzene rings is 1. The molecule has 1 atom stereocenters. The molecule has 0 spiro atoms. The third-order valence-corrected chi connectivity index (χ3v) is 4.00. The number of carbonyl (C=O) groups excluding carboxylic acids is 1. The fraction of sp³-hybridized carbons (Fsp3) is 0.312. The van der Waals surface area contributed by atoms with Crippen LogP contribution in [0.4, 0.5) is 0 Å². The van der Waals surface area contributed by atoms with Crippen molar-refractivity contribution in [2.75, 3.05) is 0 Å². The highest BCUT2D eigenvalue weighted by Crippen LogP contribution is 2.21. The molecule has 0 aliphatic heterocycles. The van der Waals surface area contributed by atoms with Gasteiger partial charge in [-0.15, -0.1) is 11.3 Å². The van der Waals surface area contributed by atoms with Crippen LogP contribution in [0.25, 0.3) is 0 Å². The maximum absolute atomic E-state index is 12.1. The van der Waals surface area contributed by atoms with Crippen LogP contribution in [0.5, 0.6) is 0 Å². The highest BCUT2D eigenvalue weighted by atomic mass is 32.1. The monoisotopic (exact) mass is 318 g/mol. The number of carbonyl (C=O) groups is 2. The Morgan fingerprint density at radius 1 is 1.36 bits per heavy atom. The number of carboxylic acid groups (broad SMARTS) is 1. The van der Waals surface area contributed by atoms with E-state index in [2.05, 4.69) is 10.3 Å². The lowest BCUT2D eigenvalue weighted by Gasteiger charge is -2.19. The van der Waals surface area contributed by atoms with Crippen LogP contribution >= 0.6 is 11.3 Å². The first-order valence-electron chi connectivity index (χ1n) is 7.00. The molecule has 5 nitrogen and oxygen atoms in total. The van der Waals surface area contributed by atoms with E-state index in [1.807, 2.05) is 36.6 Å². The normalized spacial score (nSPS) is 11.9. The zero-order valence-electron chi connectivity index (χ0n) is 12.3. The Balaban J connectivity index is 2.01. The SMILES string of the molecule is Cc1ccccc1C(CC(=O)O)NC(=O)CCc1cscn1. The van der Waals surface area contributed by atoms with Crippen molar-refractivity contribution < 1.29 is 14.7 Å². The summed E-state index contributed by atoms with van der Waals surface area (Å²) in [6, 6.07) is 6.98. The van der Waals surface area contributed by atoms with E-state index in [1.54, 1.807) is 5.51 Å². The predicted molar refractivity (Wildman–Crippen MR) is 84.8 cm³/mol. The van der Waals surface area contributed by atoms with E-state index in [4.69, 9.17) is 5.11 Å². The minimum absolute atomic E-state index is 0.132. The molecule has 0 fully saturated rings. The summed E-state index contributed by atoms with van der Waals surface area (Å²) in [7, 11) is 0. The molecule has 0 saturated carbocycles. The second-order valence-corrected chi connectivity index (χ2v) is 5.77. The maximum atomic E-state index is 12.1. The van der Waals surface area contributed by atoms with Crippen LogP contribution < -0.4 is 5.32 Å². The minimum Gasteiger partial charge on any atom is -0.481 e. The molecule has 22 heavy (non-hydrogen) atoms. The van der Waals surface area contributed by atoms with Gasteiger partial charge in [0.1, 0.15) is 0 Å². The number of thiazole rings is 1. The molecule has 0 aliphatic rings. The molecule has 2 aromatic rings. The minimum atomic E-state index is -0.937. The zero-order valence-corrected chi connectivity index (χ0v) is 13.1. The fourth-order valence-corrected chi connectivity index (χ4v) is 2.85. The largest absolute Gasteiger partial charge is 0.481 e. The van der Waals surface area contributed by atoms with E-state index in [0.717, 1.165) is 16.8 Å². The molecule has 0 saturated heterocycles. The molecule has 0 bridgehead atoms. The van der Waals surface area contributed by atoms with Crippen molar-refractivity contribution >= 4 is 23.2 Å². The first-order valence-corrected chi connectivity index (χ1v) is 7.94. The van der Waals surface area contributed by atoms with Crippen LogP contribution in [0.2, 0.25) is 0 Å². The summed E-state index contributed by atoms with van der Waals surface area (Å²) in [5.74, 6) is -1.10. The molecule has 1 unspecified atom stereocenters. The average molecular weight is 318 g/mol. The van der Waals surface area contributed by atoms with Gasteiger partial charge in [-0.05, 0) is 24.5 Å². The van der Waals surface area contributed by atoms with Gasteiger partial charge in [-0.25, -0.2) is 4.98 Å². The van der Waals surface area contributed by atoms with Gasteiger partial charge < -0.3 is 10.4 Å². The van der Waals surface area contributed by atoms with Gasteiger partial charge in [0.2, 0.25) is 5.91 Å². The van der Waals surface area contributed by atoms with Crippen LogP contribution in [-0.4, -0.2) is 22.0 Å². The number of nitrogens with zero attached hydrogens (tertiary/aromatic N) is 1. The Bertz CT molecular complexity index is 641. The van der Waals surface area contributed by atoms with E-state index < -0.39 is 12.0 Å². The summed E-state index contributed by atoms with van der Waals surface area (Å²) < 4.78 is 0. The third-order valence-electron chi connectivity index (χ3n) is 3.37. The molecular weight excluding hydrogens is 300 g/mol. The van der Waals surface area contributed by atoms with Crippen LogP contribution in [0.1, 0.15) is 35.7 Å². The summed E-state index contributed by atoms with van der Waals surface area (Å²) in [6.45, 7) is 1.91. The van der Waals surface area contributed by atoms with Gasteiger partial charge in [-0.2, -0.15) is 0 Å². The standard InChI is InChI=1S/C16H18N2O3S/c1-11-4-2-3-5-13(11)14(8-16(20)21)18-15(19)7-6-12-9-22-10-17-12/h2-5,9-10,14H,6-8H2,1H3,(H,18,19)(H,20,21). The van der Waals surface area contributed by atoms with Crippen molar-refractivity contribution in [2.45, 2.75) is 32.2 Å². The average Bonchev–Trinajstić information content (AvgIpc) is 2.98. The lowest BCUT2D eigenvalue weighted by molar-refractivity contribution is -0.137. The molecule has 1 amide bonds. The Labute approximate surface area is 133 Å². The van der Waals surface area contributed by atoms with Gasteiger partial charge >= 0.3 is 5.97 Å². The van der Waals surface area contributed by atoms with Crippen LogP contribution in [0.15, 0.2) is 35.2 Å². The number of aryl methyl sites for hydroxylation is 2. The van der Waals surface area contributed by atoms with Gasteiger partial charge in [0, 0.05) is 11.8 Å². The Morgan fingerprint density at radius 2 is 2.14 bits per heavy atom. The Hall–Kier alpha value is -2.21. The van der Waals surface area contributed by atoms with E-state index in [1.165, 1.54) is 11.3 Å². The van der Waals surface area contributed by atoms with Crippen molar-refractivity contribution in [1.82, 2.24) is 10.3 Å². The number of hydrogen-bond donors (Lipinski definition) is 2. The number of aliphatic carboxylic acids is 1. The molecular formula is C16H18N2O3S. The fourth-order valence-electron chi connectivity index (χ4n) is 2.26. The first kappa shape index (κ1) is 16.2. The van der Waals surface area contributed by atoms with Gasteiger partial charge in [0.25, 0.3) is 0 Å². The quantitative estimate of drug-likeness (QED) is 0.822. The van der Waals surface area contributed by atoms with Gasteiger partial charge in [0.05, 0.1) is 23.7 Å². The second kappa shape index (κ2) is 7.70. The van der Waals surface area contributed by atoms with Crippen molar-refractivity contribution in [3.8, 4) is 0 Å². The molecule has 1 aromatic carbocycles. The summed E-state index contributed by atoms with van der Waals surface area (Å²) >= 11 is 1.49. The summed E-state index contributed by atoms with van der Waals surface area (Å²) in [5, 5.41) is 13.8. The Kier molecular flexibility index (Phi) is 5.66. The van der Waals surface area contributed by atoms with Crippen LogP contribution in [0, 0.1) is 6.92 Å². The molecule has 1 heterocycles. The molecule has 2 rings (SSSR count). The van der Waals surface area contributed by atoms with Crippen molar-refractivity contribution in [2.24, 2.45) is 0 Å². The second-order valence-electron chi connectivity index (χ2n) is 5.05. The summed E-state index contributed by atoms with van der Waals surface area (Å²) in [4.78, 5) is 27.3.